The predicted octanol–water partition coefficient (Wildman–Crippen LogP) is 3.13. The van der Waals surface area contributed by atoms with Crippen molar-refractivity contribution in [1.29, 1.82) is 0 Å². The highest BCUT2D eigenvalue weighted by Crippen LogP contribution is 2.24. The summed E-state index contributed by atoms with van der Waals surface area (Å²) in [5, 5.41) is 3.00. The molecule has 1 N–H and O–H groups in total. The first-order chi connectivity index (χ1) is 16.9. The van der Waals surface area contributed by atoms with Crippen LogP contribution in [0.15, 0.2) is 47.5 Å². The summed E-state index contributed by atoms with van der Waals surface area (Å²) in [6.07, 6.45) is 3.81. The van der Waals surface area contributed by atoms with E-state index in [4.69, 9.17) is 0 Å². The summed E-state index contributed by atoms with van der Waals surface area (Å²) in [7, 11) is 3.44. The average Bonchev–Trinajstić information content (AvgIpc) is 3.37. The molecule has 1 saturated heterocycles. The molecule has 2 amide bonds. The van der Waals surface area contributed by atoms with E-state index in [1.807, 2.05) is 35.5 Å². The molecule has 35 heavy (non-hydrogen) atoms. The van der Waals surface area contributed by atoms with Gasteiger partial charge in [-0.1, -0.05) is 0 Å². The molecule has 9 nitrogen and oxygen atoms in total. The van der Waals surface area contributed by atoms with E-state index in [0.29, 0.717) is 25.1 Å². The van der Waals surface area contributed by atoms with E-state index in [0.717, 1.165) is 47.1 Å². The molecular formula is C26H30N6O3. The third-order valence-electron chi connectivity index (χ3n) is 7.14. The summed E-state index contributed by atoms with van der Waals surface area (Å²) in [5.41, 5.74) is 4.69. The van der Waals surface area contributed by atoms with E-state index in [2.05, 4.69) is 21.8 Å². The number of likely N-dealkylation sites (tertiary alicyclic amines) is 1. The van der Waals surface area contributed by atoms with Crippen molar-refractivity contribution in [3.05, 3.63) is 58.8 Å². The Bertz CT molecular complexity index is 1490. The molecule has 0 unspecified atom stereocenters. The van der Waals surface area contributed by atoms with Gasteiger partial charge in [-0.15, -0.1) is 0 Å². The minimum atomic E-state index is -0.112. The van der Waals surface area contributed by atoms with E-state index >= 15 is 0 Å². The summed E-state index contributed by atoms with van der Waals surface area (Å²) in [6, 6.07) is 11.2. The topological polar surface area (TPSA) is 94.2 Å². The number of aryl methyl sites for hydroxylation is 3. The van der Waals surface area contributed by atoms with Gasteiger partial charge >= 0.3 is 5.69 Å². The van der Waals surface area contributed by atoms with Gasteiger partial charge in [0.25, 0.3) is 5.91 Å². The minimum absolute atomic E-state index is 0.0144. The Morgan fingerprint density at radius 3 is 2.46 bits per heavy atom. The normalized spacial score (nSPS) is 14.7. The third kappa shape index (κ3) is 4.22. The number of carbonyl (C=O) groups is 2. The van der Waals surface area contributed by atoms with Crippen LogP contribution >= 0.6 is 0 Å². The Kier molecular flexibility index (Phi) is 5.92. The zero-order chi connectivity index (χ0) is 24.7. The highest BCUT2D eigenvalue weighted by molar-refractivity contribution is 5.97. The van der Waals surface area contributed by atoms with Crippen molar-refractivity contribution in [2.24, 2.45) is 20.0 Å². The number of anilines is 1. The lowest BCUT2D eigenvalue weighted by Crippen LogP contribution is -2.39. The van der Waals surface area contributed by atoms with Crippen molar-refractivity contribution in [3.63, 3.8) is 0 Å². The molecule has 0 radical (unpaired) electrons. The number of aromatic nitrogens is 4. The summed E-state index contributed by atoms with van der Waals surface area (Å²) in [4.78, 5) is 44.2. The lowest BCUT2D eigenvalue weighted by Gasteiger charge is -2.32. The van der Waals surface area contributed by atoms with Crippen LogP contribution in [0.25, 0.3) is 22.1 Å². The number of hydrogen-bond acceptors (Lipinski definition) is 4. The van der Waals surface area contributed by atoms with Crippen LogP contribution < -0.4 is 11.0 Å². The summed E-state index contributed by atoms with van der Waals surface area (Å²) in [5.74, 6) is 0.185. The van der Waals surface area contributed by atoms with Gasteiger partial charge in [0.2, 0.25) is 5.91 Å². The number of amides is 2. The molecular weight excluding hydrogens is 444 g/mol. The highest BCUT2D eigenvalue weighted by Gasteiger charge is 2.26. The van der Waals surface area contributed by atoms with Crippen molar-refractivity contribution in [2.45, 2.75) is 32.7 Å². The van der Waals surface area contributed by atoms with E-state index in [1.54, 1.807) is 35.4 Å². The Labute approximate surface area is 203 Å². The van der Waals surface area contributed by atoms with Gasteiger partial charge in [-0.25, -0.2) is 9.78 Å². The maximum atomic E-state index is 13.1. The largest absolute Gasteiger partial charge is 0.339 e. The molecule has 5 rings (SSSR count). The molecule has 2 aromatic heterocycles. The molecule has 0 atom stereocenters. The monoisotopic (exact) mass is 474 g/mol. The SMILES string of the molecule is CCn1cnc2cc(NC(=O)CC3CCN(C(=O)c4ccc5c(c4)n(C)c(=O)n5C)CC3)ccc21. The highest BCUT2D eigenvalue weighted by atomic mass is 16.2. The van der Waals surface area contributed by atoms with Crippen molar-refractivity contribution < 1.29 is 9.59 Å². The van der Waals surface area contributed by atoms with Gasteiger partial charge in [0.05, 0.1) is 28.4 Å². The van der Waals surface area contributed by atoms with Crippen molar-refractivity contribution >= 4 is 39.6 Å². The molecule has 3 heterocycles. The molecule has 182 valence electrons. The van der Waals surface area contributed by atoms with Gasteiger partial charge < -0.3 is 14.8 Å². The summed E-state index contributed by atoms with van der Waals surface area (Å²) >= 11 is 0. The van der Waals surface area contributed by atoms with Crippen LogP contribution in [0.3, 0.4) is 0 Å². The molecule has 0 spiro atoms. The number of rotatable bonds is 5. The Morgan fingerprint density at radius 2 is 1.71 bits per heavy atom. The molecule has 4 aromatic rings. The van der Waals surface area contributed by atoms with Crippen LogP contribution in [-0.2, 0) is 25.4 Å². The van der Waals surface area contributed by atoms with Gasteiger partial charge in [0, 0.05) is 51.4 Å². The second kappa shape index (κ2) is 9.05. The Hall–Kier alpha value is -3.88. The molecule has 9 heteroatoms. The molecule has 1 fully saturated rings. The van der Waals surface area contributed by atoms with Gasteiger partial charge in [0.1, 0.15) is 0 Å². The van der Waals surface area contributed by atoms with E-state index < -0.39 is 0 Å². The third-order valence-corrected chi connectivity index (χ3v) is 7.14. The van der Waals surface area contributed by atoms with Gasteiger partial charge in [-0.05, 0) is 62.1 Å². The first-order valence-corrected chi connectivity index (χ1v) is 12.0. The first kappa shape index (κ1) is 22.9. The van der Waals surface area contributed by atoms with Crippen molar-refractivity contribution in [3.8, 4) is 0 Å². The zero-order valence-electron chi connectivity index (χ0n) is 20.3. The Balaban J connectivity index is 1.17. The van der Waals surface area contributed by atoms with E-state index in [1.165, 1.54) is 0 Å². The quantitative estimate of drug-likeness (QED) is 0.481. The number of nitrogens with one attached hydrogen (secondary N) is 1. The fourth-order valence-corrected chi connectivity index (χ4v) is 5.03. The lowest BCUT2D eigenvalue weighted by molar-refractivity contribution is -0.117. The molecule has 1 aliphatic heterocycles. The maximum absolute atomic E-state index is 13.1. The number of nitrogens with zero attached hydrogens (tertiary/aromatic N) is 5. The number of piperidine rings is 1. The maximum Gasteiger partial charge on any atom is 0.328 e. The Morgan fingerprint density at radius 1 is 1.00 bits per heavy atom. The van der Waals surface area contributed by atoms with Gasteiger partial charge in [0.15, 0.2) is 0 Å². The number of benzene rings is 2. The lowest BCUT2D eigenvalue weighted by atomic mass is 9.92. The molecule has 0 bridgehead atoms. The van der Waals surface area contributed by atoms with Crippen LogP contribution in [0, 0.1) is 5.92 Å². The molecule has 0 aliphatic carbocycles. The van der Waals surface area contributed by atoms with Crippen LogP contribution in [0.2, 0.25) is 0 Å². The molecule has 0 saturated carbocycles. The summed E-state index contributed by atoms with van der Waals surface area (Å²) in [6.45, 7) is 4.15. The summed E-state index contributed by atoms with van der Waals surface area (Å²) < 4.78 is 5.20. The van der Waals surface area contributed by atoms with Gasteiger partial charge in [-0.3, -0.25) is 18.7 Å². The fraction of sp³-hybridized carbons (Fsp3) is 0.385. The van der Waals surface area contributed by atoms with Gasteiger partial charge in [-0.2, -0.15) is 0 Å². The van der Waals surface area contributed by atoms with Crippen LogP contribution in [0.1, 0.15) is 36.5 Å². The van der Waals surface area contributed by atoms with E-state index in [9.17, 15) is 14.4 Å². The van der Waals surface area contributed by atoms with Crippen LogP contribution in [0.5, 0.6) is 0 Å². The number of imidazole rings is 2. The number of hydrogen-bond donors (Lipinski definition) is 1. The fourth-order valence-electron chi connectivity index (χ4n) is 5.03. The van der Waals surface area contributed by atoms with Crippen molar-refractivity contribution in [1.82, 2.24) is 23.6 Å². The van der Waals surface area contributed by atoms with E-state index in [-0.39, 0.29) is 23.4 Å². The van der Waals surface area contributed by atoms with Crippen LogP contribution in [-0.4, -0.2) is 48.5 Å². The van der Waals surface area contributed by atoms with Crippen LogP contribution in [0.4, 0.5) is 5.69 Å². The number of carbonyl (C=O) groups excluding carboxylic acids is 2. The second-order valence-electron chi connectivity index (χ2n) is 9.33. The van der Waals surface area contributed by atoms with Crippen molar-refractivity contribution in [2.75, 3.05) is 18.4 Å². The standard InChI is InChI=1S/C26H30N6O3/c1-4-31-16-27-20-15-19(6-8-21(20)31)28-24(33)13-17-9-11-32(12-10-17)25(34)18-5-7-22-23(14-18)30(3)26(35)29(22)2/h5-8,14-17H,4,9-13H2,1-3H3,(H,28,33). The zero-order valence-corrected chi connectivity index (χ0v) is 20.3. The number of fused-ring (bicyclic) bond motifs is 2. The smallest absolute Gasteiger partial charge is 0.328 e. The minimum Gasteiger partial charge on any atom is -0.339 e. The molecule has 1 aliphatic rings. The second-order valence-corrected chi connectivity index (χ2v) is 9.33. The predicted molar refractivity (Wildman–Crippen MR) is 135 cm³/mol. The average molecular weight is 475 g/mol. The first-order valence-electron chi connectivity index (χ1n) is 12.0. The molecule has 2 aromatic carbocycles.